The summed E-state index contributed by atoms with van der Waals surface area (Å²) < 4.78 is 22.7. The summed E-state index contributed by atoms with van der Waals surface area (Å²) in [6.45, 7) is 0. The molecule has 0 saturated carbocycles. The fraction of sp³-hybridized carbons (Fsp3) is 0. The molecule has 0 aliphatic carbocycles. The maximum Gasteiger partial charge on any atom is 0.298 e. The lowest BCUT2D eigenvalue weighted by Crippen LogP contribution is -2.21. The van der Waals surface area contributed by atoms with Crippen molar-refractivity contribution in [1.29, 1.82) is 0 Å². The van der Waals surface area contributed by atoms with Gasteiger partial charge in [-0.2, -0.15) is 8.42 Å². The van der Waals surface area contributed by atoms with Crippen LogP contribution in [0.25, 0.3) is 0 Å². The van der Waals surface area contributed by atoms with Gasteiger partial charge in [-0.3, -0.25) is 0 Å². The van der Waals surface area contributed by atoms with Crippen molar-refractivity contribution >= 4 is 31.8 Å². The highest BCUT2D eigenvalue weighted by molar-refractivity contribution is 7.90. The summed E-state index contributed by atoms with van der Waals surface area (Å²) in [6, 6.07) is 0. The van der Waals surface area contributed by atoms with Gasteiger partial charge in [0, 0.05) is 0 Å². The van der Waals surface area contributed by atoms with Crippen molar-refractivity contribution in [3.63, 3.8) is 0 Å². The number of aromatic nitrogens is 2. The molecular weight excluding hydrogens is 190 g/mol. The third-order valence-corrected chi connectivity index (χ3v) is 1.95. The van der Waals surface area contributed by atoms with Crippen molar-refractivity contribution in [3.8, 4) is 0 Å². The smallest absolute Gasteiger partial charge is 0.298 e. The van der Waals surface area contributed by atoms with E-state index >= 15 is 0 Å². The molecule has 1 aromatic heterocycles. The molecule has 9 heteroatoms. The number of nitrogens with one attached hydrogen (secondary N) is 1. The van der Waals surface area contributed by atoms with Crippen LogP contribution in [-0.2, 0) is 10.2 Å². The van der Waals surface area contributed by atoms with Crippen LogP contribution in [0.3, 0.4) is 0 Å². The Morgan fingerprint density at radius 2 is 2.09 bits per heavy atom. The predicted molar refractivity (Wildman–Crippen MR) is 41.1 cm³/mol. The summed E-state index contributed by atoms with van der Waals surface area (Å²) in [5.41, 5.74) is 5.17. The quantitative estimate of drug-likeness (QED) is 0.543. The summed E-state index contributed by atoms with van der Waals surface area (Å²) in [4.78, 5) is 0. The van der Waals surface area contributed by atoms with Crippen LogP contribution in [0.2, 0.25) is 0 Å². The maximum atomic E-state index is 10.4. The average molecular weight is 195 g/mol. The van der Waals surface area contributed by atoms with Gasteiger partial charge in [-0.15, -0.1) is 10.2 Å². The number of anilines is 2. The van der Waals surface area contributed by atoms with Gasteiger partial charge in [0.2, 0.25) is 10.3 Å². The number of nitrogen functional groups attached to an aromatic ring is 1. The molecule has 0 atom stereocenters. The zero-order valence-corrected chi connectivity index (χ0v) is 6.82. The summed E-state index contributed by atoms with van der Waals surface area (Å²) >= 11 is 0.900. The zero-order chi connectivity index (χ0) is 8.48. The van der Waals surface area contributed by atoms with E-state index in [-0.39, 0.29) is 10.3 Å². The third kappa shape index (κ3) is 2.65. The molecule has 0 aliphatic rings. The second kappa shape index (κ2) is 2.60. The average Bonchev–Trinajstić information content (AvgIpc) is 2.10. The molecule has 62 valence electrons. The van der Waals surface area contributed by atoms with Crippen LogP contribution in [0.15, 0.2) is 0 Å². The van der Waals surface area contributed by atoms with Crippen LogP contribution in [-0.4, -0.2) is 18.6 Å². The monoisotopic (exact) mass is 195 g/mol. The molecule has 0 spiro atoms. The molecule has 0 fully saturated rings. The number of rotatable bonds is 2. The molecule has 0 aliphatic heterocycles. The van der Waals surface area contributed by atoms with Gasteiger partial charge < -0.3 is 5.73 Å². The van der Waals surface area contributed by atoms with Crippen LogP contribution in [0, 0.1) is 0 Å². The van der Waals surface area contributed by atoms with Gasteiger partial charge in [-0.05, 0) is 0 Å². The van der Waals surface area contributed by atoms with E-state index in [1.165, 1.54) is 0 Å². The first-order valence-electron chi connectivity index (χ1n) is 2.37. The fourth-order valence-corrected chi connectivity index (χ4v) is 1.56. The summed E-state index contributed by atoms with van der Waals surface area (Å²) in [5.74, 6) is 0. The first-order valence-corrected chi connectivity index (χ1v) is 4.73. The minimum atomic E-state index is -3.76. The van der Waals surface area contributed by atoms with Crippen molar-refractivity contribution in [2.24, 2.45) is 5.14 Å². The Kier molecular flexibility index (Phi) is 1.93. The van der Waals surface area contributed by atoms with Gasteiger partial charge in [0.05, 0.1) is 0 Å². The standard InChI is InChI=1S/C2H5N5O2S2/c3-1-5-6-2(10-1)7-11(4,8)9/h(H2,3,5)(H,6,7)(H2,4,8,9). The Morgan fingerprint density at radius 3 is 2.45 bits per heavy atom. The molecule has 5 N–H and O–H groups in total. The highest BCUT2D eigenvalue weighted by Crippen LogP contribution is 2.16. The SMILES string of the molecule is Nc1nnc(NS(N)(=O)=O)s1. The topological polar surface area (TPSA) is 124 Å². The van der Waals surface area contributed by atoms with Crippen molar-refractivity contribution < 1.29 is 8.42 Å². The van der Waals surface area contributed by atoms with Crippen LogP contribution >= 0.6 is 11.3 Å². The Bertz CT molecular complexity index is 341. The summed E-state index contributed by atoms with van der Waals surface area (Å²) in [5, 5.41) is 11.6. The van der Waals surface area contributed by atoms with Gasteiger partial charge in [-0.25, -0.2) is 9.86 Å². The second-order valence-electron chi connectivity index (χ2n) is 1.59. The van der Waals surface area contributed by atoms with Crippen molar-refractivity contribution in [2.45, 2.75) is 0 Å². The van der Waals surface area contributed by atoms with Gasteiger partial charge in [-0.1, -0.05) is 11.3 Å². The molecule has 0 unspecified atom stereocenters. The number of nitrogens with zero attached hydrogens (tertiary/aromatic N) is 2. The Balaban J connectivity index is 2.81. The van der Waals surface area contributed by atoms with E-state index in [1.54, 1.807) is 0 Å². The Morgan fingerprint density at radius 1 is 1.45 bits per heavy atom. The van der Waals surface area contributed by atoms with E-state index in [9.17, 15) is 8.42 Å². The molecule has 0 saturated heterocycles. The molecule has 1 heterocycles. The van der Waals surface area contributed by atoms with Crippen LogP contribution < -0.4 is 15.6 Å². The number of hydrogen-bond donors (Lipinski definition) is 3. The van der Waals surface area contributed by atoms with Crippen molar-refractivity contribution in [2.75, 3.05) is 10.5 Å². The number of hydrogen-bond acceptors (Lipinski definition) is 6. The molecular formula is C2H5N5O2S2. The highest BCUT2D eigenvalue weighted by atomic mass is 32.2. The first kappa shape index (κ1) is 8.17. The van der Waals surface area contributed by atoms with Gasteiger partial charge in [0.1, 0.15) is 0 Å². The van der Waals surface area contributed by atoms with Crippen LogP contribution in [0.4, 0.5) is 10.3 Å². The Labute approximate surface area is 66.6 Å². The number of nitrogens with two attached hydrogens (primary N) is 2. The van der Waals surface area contributed by atoms with Crippen molar-refractivity contribution in [3.05, 3.63) is 0 Å². The fourth-order valence-electron chi connectivity index (χ4n) is 0.398. The van der Waals surface area contributed by atoms with Gasteiger partial charge in [0.25, 0.3) is 10.2 Å². The van der Waals surface area contributed by atoms with Crippen molar-refractivity contribution in [1.82, 2.24) is 10.2 Å². The molecule has 0 radical (unpaired) electrons. The highest BCUT2D eigenvalue weighted by Gasteiger charge is 2.05. The molecule has 7 nitrogen and oxygen atoms in total. The van der Waals surface area contributed by atoms with E-state index in [1.807, 2.05) is 4.72 Å². The maximum absolute atomic E-state index is 10.4. The summed E-state index contributed by atoms with van der Waals surface area (Å²) in [7, 11) is -3.76. The van der Waals surface area contributed by atoms with E-state index in [0.29, 0.717) is 0 Å². The van der Waals surface area contributed by atoms with E-state index < -0.39 is 10.2 Å². The third-order valence-electron chi connectivity index (χ3n) is 0.670. The molecule has 1 aromatic rings. The zero-order valence-electron chi connectivity index (χ0n) is 5.18. The Hall–Kier alpha value is -0.930. The second-order valence-corrected chi connectivity index (χ2v) is 3.90. The molecule has 1 rings (SSSR count). The van der Waals surface area contributed by atoms with E-state index in [4.69, 9.17) is 5.73 Å². The van der Waals surface area contributed by atoms with Crippen LogP contribution in [0.5, 0.6) is 0 Å². The first-order chi connectivity index (χ1) is 4.97. The van der Waals surface area contributed by atoms with Crippen LogP contribution in [0.1, 0.15) is 0 Å². The minimum absolute atomic E-state index is 0.0602. The van der Waals surface area contributed by atoms with E-state index in [0.717, 1.165) is 11.3 Å². The minimum Gasteiger partial charge on any atom is -0.374 e. The molecule has 0 bridgehead atoms. The predicted octanol–water partition coefficient (Wildman–Crippen LogP) is -1.26. The summed E-state index contributed by atoms with van der Waals surface area (Å²) in [6.07, 6.45) is 0. The molecule has 0 aromatic carbocycles. The largest absolute Gasteiger partial charge is 0.374 e. The molecule has 0 amide bonds. The lowest BCUT2D eigenvalue weighted by Gasteiger charge is -1.93. The van der Waals surface area contributed by atoms with Gasteiger partial charge >= 0.3 is 0 Å². The normalized spacial score (nSPS) is 11.4. The lowest BCUT2D eigenvalue weighted by atomic mass is 11.3. The van der Waals surface area contributed by atoms with E-state index in [2.05, 4.69) is 15.3 Å². The molecule has 11 heavy (non-hydrogen) atoms. The van der Waals surface area contributed by atoms with Gasteiger partial charge in [0.15, 0.2) is 0 Å². The lowest BCUT2D eigenvalue weighted by molar-refractivity contribution is 0.603.